The van der Waals surface area contributed by atoms with Crippen molar-refractivity contribution in [1.29, 1.82) is 0 Å². The predicted octanol–water partition coefficient (Wildman–Crippen LogP) is -0.786. The van der Waals surface area contributed by atoms with Gasteiger partial charge in [0.2, 0.25) is 0 Å². The fraction of sp³-hybridized carbons (Fsp3) is 0.429. The van der Waals surface area contributed by atoms with Gasteiger partial charge < -0.3 is 13.3 Å². The molecule has 0 spiro atoms. The van der Waals surface area contributed by atoms with Crippen LogP contribution in [0.2, 0.25) is 6.04 Å². The Balaban J connectivity index is 1.72. The van der Waals surface area contributed by atoms with Gasteiger partial charge in [0.15, 0.2) is 8.56 Å². The number of furan rings is 1. The van der Waals surface area contributed by atoms with Gasteiger partial charge in [-0.3, -0.25) is 0 Å². The molecule has 0 aliphatic carbocycles. The van der Waals surface area contributed by atoms with Gasteiger partial charge in [-0.15, -0.1) is 0 Å². The largest absolute Gasteiger partial charge is 0.467 e. The van der Waals surface area contributed by atoms with E-state index in [1.807, 2.05) is 12.1 Å². The second-order valence-corrected chi connectivity index (χ2v) is 17.6. The molecule has 72 valence electrons. The second-order valence-electron chi connectivity index (χ2n) is 3.20. The van der Waals surface area contributed by atoms with E-state index in [1.165, 1.54) is 6.04 Å². The van der Waals surface area contributed by atoms with Crippen LogP contribution in [0, 0.1) is 0 Å². The quantitative estimate of drug-likeness (QED) is 0.638. The third-order valence-electron chi connectivity index (χ3n) is 2.21. The summed E-state index contributed by atoms with van der Waals surface area (Å²) in [4.78, 5) is 0. The van der Waals surface area contributed by atoms with Crippen LogP contribution in [0.3, 0.4) is 0 Å². The Hall–Kier alpha value is -0.149. The van der Waals surface area contributed by atoms with Crippen LogP contribution in [-0.4, -0.2) is 33.0 Å². The molecule has 0 saturated carbocycles. The van der Waals surface area contributed by atoms with Crippen molar-refractivity contribution in [2.45, 2.75) is 12.7 Å². The summed E-state index contributed by atoms with van der Waals surface area (Å²) in [6.07, 6.45) is 1.70. The number of rotatable bonds is 3. The average molecular weight is 230 g/mol. The molecular formula is C7H14O3Si3. The van der Waals surface area contributed by atoms with Crippen LogP contribution in [0.1, 0.15) is 5.76 Å². The van der Waals surface area contributed by atoms with E-state index in [4.69, 9.17) is 13.3 Å². The Kier molecular flexibility index (Phi) is 3.56. The lowest BCUT2D eigenvalue weighted by atomic mass is 10.5. The zero-order chi connectivity index (χ0) is 8.93. The molecule has 2 heterocycles. The number of hydrogen-bond donors (Lipinski definition) is 0. The topological polar surface area (TPSA) is 31.6 Å². The summed E-state index contributed by atoms with van der Waals surface area (Å²) >= 11 is 0. The van der Waals surface area contributed by atoms with Gasteiger partial charge in [-0.1, -0.05) is 0 Å². The highest BCUT2D eigenvalue weighted by Gasteiger charge is 2.17. The van der Waals surface area contributed by atoms with E-state index in [0.717, 1.165) is 12.4 Å². The first-order valence-electron chi connectivity index (χ1n) is 4.67. The van der Waals surface area contributed by atoms with Crippen molar-refractivity contribution in [1.82, 2.24) is 0 Å². The summed E-state index contributed by atoms with van der Waals surface area (Å²) in [6.45, 7) is 1.68. The highest BCUT2D eigenvalue weighted by atomic mass is 29.6. The molecule has 1 aromatic heterocycles. The van der Waals surface area contributed by atoms with Crippen molar-refractivity contribution in [3.63, 3.8) is 0 Å². The van der Waals surface area contributed by atoms with Crippen molar-refractivity contribution in [2.24, 2.45) is 0 Å². The van der Waals surface area contributed by atoms with Gasteiger partial charge in [0.05, 0.1) is 21.4 Å². The van der Waals surface area contributed by atoms with Crippen molar-refractivity contribution in [3.8, 4) is 0 Å². The van der Waals surface area contributed by atoms with Gasteiger partial charge in [-0.25, -0.2) is 0 Å². The molecule has 0 bridgehead atoms. The third kappa shape index (κ3) is 2.92. The Morgan fingerprint density at radius 2 is 2.62 bits per heavy atom. The molecule has 1 unspecified atom stereocenters. The van der Waals surface area contributed by atoms with Crippen LogP contribution in [0.15, 0.2) is 22.8 Å². The molecular weight excluding hydrogens is 216 g/mol. The highest BCUT2D eigenvalue weighted by Crippen LogP contribution is 2.06. The van der Waals surface area contributed by atoms with E-state index >= 15 is 0 Å². The molecule has 0 radical (unpaired) electrons. The highest BCUT2D eigenvalue weighted by molar-refractivity contribution is 7.33. The SMILES string of the molecule is c1coc(CO[SiH]2CCO[SiH2][SiH2]2)c1. The van der Waals surface area contributed by atoms with Crippen molar-refractivity contribution in [3.05, 3.63) is 24.2 Å². The predicted molar refractivity (Wildman–Crippen MR) is 58.5 cm³/mol. The first kappa shape index (κ1) is 9.41. The van der Waals surface area contributed by atoms with E-state index in [0.29, 0.717) is 6.61 Å². The minimum Gasteiger partial charge on any atom is -0.467 e. The van der Waals surface area contributed by atoms with Gasteiger partial charge in [-0.05, 0) is 18.2 Å². The van der Waals surface area contributed by atoms with Gasteiger partial charge in [0, 0.05) is 6.61 Å². The molecule has 1 aliphatic heterocycles. The molecule has 1 atom stereocenters. The van der Waals surface area contributed by atoms with Crippen molar-refractivity contribution < 1.29 is 13.3 Å². The summed E-state index contributed by atoms with van der Waals surface area (Å²) in [7, 11) is -0.722. The van der Waals surface area contributed by atoms with E-state index in [-0.39, 0.29) is 17.8 Å². The van der Waals surface area contributed by atoms with E-state index < -0.39 is 8.56 Å². The van der Waals surface area contributed by atoms with Gasteiger partial charge in [0.1, 0.15) is 15.0 Å². The lowest BCUT2D eigenvalue weighted by Gasteiger charge is -2.19. The summed E-state index contributed by atoms with van der Waals surface area (Å²) < 4.78 is 16.6. The fourth-order valence-corrected chi connectivity index (χ4v) is 16.1. The van der Waals surface area contributed by atoms with E-state index in [9.17, 15) is 0 Å². The van der Waals surface area contributed by atoms with Crippen LogP contribution < -0.4 is 0 Å². The van der Waals surface area contributed by atoms with Crippen LogP contribution in [-0.2, 0) is 15.5 Å². The van der Waals surface area contributed by atoms with E-state index in [2.05, 4.69) is 0 Å². The molecule has 0 aromatic carbocycles. The summed E-state index contributed by atoms with van der Waals surface area (Å²) in [5.41, 5.74) is 0. The molecule has 1 fully saturated rings. The van der Waals surface area contributed by atoms with Crippen molar-refractivity contribution >= 4 is 26.4 Å². The third-order valence-corrected chi connectivity index (χ3v) is 18.5. The molecule has 0 N–H and O–H groups in total. The normalized spacial score (nSPS) is 26.9. The Bertz CT molecular complexity index is 233. The lowest BCUT2D eigenvalue weighted by Crippen LogP contribution is -2.37. The molecule has 0 amide bonds. The molecule has 3 nitrogen and oxygen atoms in total. The zero-order valence-electron chi connectivity index (χ0n) is 7.57. The summed E-state index contributed by atoms with van der Waals surface area (Å²) in [5.74, 6) is 0.967. The fourth-order valence-electron chi connectivity index (χ4n) is 1.44. The minimum atomic E-state index is -0.755. The molecule has 2 rings (SSSR count). The smallest absolute Gasteiger partial charge is 0.160 e. The van der Waals surface area contributed by atoms with Gasteiger partial charge in [-0.2, -0.15) is 0 Å². The summed E-state index contributed by atoms with van der Waals surface area (Å²) in [5, 5.41) is 0. The van der Waals surface area contributed by atoms with Crippen LogP contribution in [0.5, 0.6) is 0 Å². The maximum Gasteiger partial charge on any atom is 0.160 e. The first-order valence-corrected chi connectivity index (χ1v) is 13.8. The van der Waals surface area contributed by atoms with Crippen LogP contribution in [0.4, 0.5) is 0 Å². The molecule has 6 heteroatoms. The maximum absolute atomic E-state index is 5.89. The monoisotopic (exact) mass is 230 g/mol. The second kappa shape index (κ2) is 4.91. The van der Waals surface area contributed by atoms with E-state index in [1.54, 1.807) is 6.26 Å². The number of hydrogen-bond acceptors (Lipinski definition) is 3. The van der Waals surface area contributed by atoms with Gasteiger partial charge in [0.25, 0.3) is 0 Å². The van der Waals surface area contributed by atoms with Gasteiger partial charge >= 0.3 is 0 Å². The van der Waals surface area contributed by atoms with Crippen LogP contribution in [0.25, 0.3) is 0 Å². The van der Waals surface area contributed by atoms with Crippen LogP contribution >= 0.6 is 0 Å². The zero-order valence-corrected chi connectivity index (χ0v) is 11.6. The Morgan fingerprint density at radius 3 is 3.31 bits per heavy atom. The molecule has 13 heavy (non-hydrogen) atoms. The Labute approximate surface area is 83.5 Å². The molecule has 1 aliphatic rings. The van der Waals surface area contributed by atoms with Crippen molar-refractivity contribution in [2.75, 3.05) is 6.61 Å². The standard InChI is InChI=1S/C7H14O3Si3/c1-2-7(8-3-1)6-10-13-5-4-9-11-12-13/h1-3,13H,4-6,11-12H2. The minimum absolute atomic E-state index is 0.0811. The Morgan fingerprint density at radius 1 is 1.62 bits per heavy atom. The summed E-state index contributed by atoms with van der Waals surface area (Å²) in [6, 6.07) is 5.13. The average Bonchev–Trinajstić information content (AvgIpc) is 2.69. The molecule has 1 aromatic rings. The first-order chi connectivity index (χ1) is 6.45. The lowest BCUT2D eigenvalue weighted by molar-refractivity contribution is 0.269. The molecule has 1 saturated heterocycles. The maximum atomic E-state index is 5.89.